The summed E-state index contributed by atoms with van der Waals surface area (Å²) in [5.74, 6) is 2.36. The summed E-state index contributed by atoms with van der Waals surface area (Å²) in [4.78, 5) is 1.09. The molecule has 0 atom stereocenters. The predicted octanol–water partition coefficient (Wildman–Crippen LogP) is 4.49. The third-order valence-corrected chi connectivity index (χ3v) is 5.48. The van der Waals surface area contributed by atoms with Gasteiger partial charge in [-0.2, -0.15) is 0 Å². The molecular formula is C17H14N4OS2. The van der Waals surface area contributed by atoms with Crippen LogP contribution >= 0.6 is 23.1 Å². The third-order valence-electron chi connectivity index (χ3n) is 3.54. The quantitative estimate of drug-likeness (QED) is 0.494. The first kappa shape index (κ1) is 15.2. The molecule has 0 saturated carbocycles. The fourth-order valence-corrected chi connectivity index (χ4v) is 3.80. The topological polar surface area (TPSA) is 56.7 Å². The van der Waals surface area contributed by atoms with Crippen molar-refractivity contribution >= 4 is 23.1 Å². The molecule has 0 fully saturated rings. The van der Waals surface area contributed by atoms with Crippen molar-refractivity contribution in [2.24, 2.45) is 7.05 Å². The number of hydrogen-bond donors (Lipinski definition) is 0. The molecule has 7 heteroatoms. The zero-order valence-corrected chi connectivity index (χ0v) is 14.5. The van der Waals surface area contributed by atoms with Crippen LogP contribution in [0.25, 0.3) is 22.0 Å². The molecule has 4 aromatic rings. The highest BCUT2D eigenvalue weighted by Gasteiger charge is 2.13. The molecule has 1 aromatic carbocycles. The summed E-state index contributed by atoms with van der Waals surface area (Å²) in [5.41, 5.74) is 1.95. The Balaban J connectivity index is 1.48. The van der Waals surface area contributed by atoms with Gasteiger partial charge < -0.3 is 9.09 Å². The molecule has 0 aliphatic heterocycles. The molecule has 0 aliphatic carbocycles. The maximum absolute atomic E-state index is 5.41. The average molecular weight is 354 g/mol. The molecule has 5 nitrogen and oxygen atoms in total. The predicted molar refractivity (Wildman–Crippen MR) is 95.8 cm³/mol. The van der Waals surface area contributed by atoms with E-state index in [1.807, 2.05) is 65.5 Å². The Morgan fingerprint density at radius 3 is 2.79 bits per heavy atom. The van der Waals surface area contributed by atoms with E-state index in [4.69, 9.17) is 4.52 Å². The Labute approximate surface area is 147 Å². The number of hydrogen-bond acceptors (Lipinski definition) is 6. The highest BCUT2D eigenvalue weighted by atomic mass is 32.2. The van der Waals surface area contributed by atoms with Crippen molar-refractivity contribution in [3.8, 4) is 22.0 Å². The molecule has 0 radical (unpaired) electrons. The fourth-order valence-electron chi connectivity index (χ4n) is 2.33. The van der Waals surface area contributed by atoms with Gasteiger partial charge in [0.15, 0.2) is 16.7 Å². The smallest absolute Gasteiger partial charge is 0.191 e. The molecule has 120 valence electrons. The Morgan fingerprint density at radius 2 is 2.00 bits per heavy atom. The van der Waals surface area contributed by atoms with E-state index in [9.17, 15) is 0 Å². The van der Waals surface area contributed by atoms with Crippen LogP contribution in [0, 0.1) is 0 Å². The van der Waals surface area contributed by atoms with Crippen molar-refractivity contribution in [3.63, 3.8) is 0 Å². The zero-order valence-electron chi connectivity index (χ0n) is 12.9. The summed E-state index contributed by atoms with van der Waals surface area (Å²) in [7, 11) is 1.98. The molecule has 4 rings (SSSR count). The van der Waals surface area contributed by atoms with Crippen molar-refractivity contribution in [3.05, 3.63) is 59.6 Å². The second-order valence-electron chi connectivity index (χ2n) is 5.18. The molecule has 0 spiro atoms. The van der Waals surface area contributed by atoms with Crippen molar-refractivity contribution < 1.29 is 4.52 Å². The monoisotopic (exact) mass is 354 g/mol. The van der Waals surface area contributed by atoms with Crippen LogP contribution < -0.4 is 0 Å². The molecule has 3 aromatic heterocycles. The van der Waals surface area contributed by atoms with Crippen LogP contribution in [0.3, 0.4) is 0 Å². The first-order valence-corrected chi connectivity index (χ1v) is 9.25. The third kappa shape index (κ3) is 3.00. The molecular weight excluding hydrogens is 340 g/mol. The maximum atomic E-state index is 5.41. The lowest BCUT2D eigenvalue weighted by atomic mass is 10.2. The molecule has 3 heterocycles. The summed E-state index contributed by atoms with van der Waals surface area (Å²) in [5, 5.41) is 15.6. The van der Waals surface area contributed by atoms with E-state index in [-0.39, 0.29) is 0 Å². The fraction of sp³-hybridized carbons (Fsp3) is 0.118. The SMILES string of the molecule is Cn1c(SCc2cc(-c3cccs3)on2)nnc1-c1ccccc1. The number of nitrogens with zero attached hydrogens (tertiary/aromatic N) is 4. The minimum absolute atomic E-state index is 0.690. The number of thiophene rings is 1. The summed E-state index contributed by atoms with van der Waals surface area (Å²) < 4.78 is 7.41. The van der Waals surface area contributed by atoms with Crippen LogP contribution in [0.5, 0.6) is 0 Å². The van der Waals surface area contributed by atoms with Gasteiger partial charge in [0, 0.05) is 24.4 Å². The second kappa shape index (κ2) is 6.62. The highest BCUT2D eigenvalue weighted by molar-refractivity contribution is 7.98. The minimum Gasteiger partial charge on any atom is -0.355 e. The van der Waals surface area contributed by atoms with E-state index in [1.54, 1.807) is 23.1 Å². The molecule has 0 unspecified atom stereocenters. The molecule has 0 bridgehead atoms. The molecule has 0 aliphatic rings. The average Bonchev–Trinajstić information content (AvgIpc) is 3.35. The van der Waals surface area contributed by atoms with Gasteiger partial charge >= 0.3 is 0 Å². The zero-order chi connectivity index (χ0) is 16.4. The highest BCUT2D eigenvalue weighted by Crippen LogP contribution is 2.28. The number of rotatable bonds is 5. The van der Waals surface area contributed by atoms with Crippen LogP contribution in [0.4, 0.5) is 0 Å². The van der Waals surface area contributed by atoms with E-state index in [2.05, 4.69) is 15.4 Å². The Bertz CT molecular complexity index is 929. The van der Waals surface area contributed by atoms with Crippen LogP contribution in [0.2, 0.25) is 0 Å². The van der Waals surface area contributed by atoms with E-state index in [1.165, 1.54) is 0 Å². The van der Waals surface area contributed by atoms with Gasteiger partial charge in [-0.05, 0) is 11.4 Å². The molecule has 0 amide bonds. The van der Waals surface area contributed by atoms with Gasteiger partial charge in [-0.15, -0.1) is 21.5 Å². The Morgan fingerprint density at radius 1 is 1.12 bits per heavy atom. The van der Waals surface area contributed by atoms with Crippen molar-refractivity contribution in [2.75, 3.05) is 0 Å². The van der Waals surface area contributed by atoms with Crippen molar-refractivity contribution in [1.82, 2.24) is 19.9 Å². The molecule has 0 N–H and O–H groups in total. The van der Waals surface area contributed by atoms with Crippen LogP contribution in [-0.2, 0) is 12.8 Å². The van der Waals surface area contributed by atoms with Crippen molar-refractivity contribution in [1.29, 1.82) is 0 Å². The van der Waals surface area contributed by atoms with Gasteiger partial charge in [-0.1, -0.05) is 53.3 Å². The molecule has 24 heavy (non-hydrogen) atoms. The largest absolute Gasteiger partial charge is 0.355 e. The van der Waals surface area contributed by atoms with Crippen LogP contribution in [0.15, 0.2) is 63.6 Å². The van der Waals surface area contributed by atoms with E-state index in [0.29, 0.717) is 5.75 Å². The van der Waals surface area contributed by atoms with Gasteiger partial charge in [-0.3, -0.25) is 0 Å². The van der Waals surface area contributed by atoms with E-state index >= 15 is 0 Å². The van der Waals surface area contributed by atoms with Crippen molar-refractivity contribution in [2.45, 2.75) is 10.9 Å². The van der Waals surface area contributed by atoms with Gasteiger partial charge in [-0.25, -0.2) is 0 Å². The summed E-state index contributed by atoms with van der Waals surface area (Å²) in [6, 6.07) is 16.1. The van der Waals surface area contributed by atoms with Gasteiger partial charge in [0.2, 0.25) is 0 Å². The lowest BCUT2D eigenvalue weighted by Gasteiger charge is -2.02. The Kier molecular flexibility index (Phi) is 4.18. The lowest BCUT2D eigenvalue weighted by molar-refractivity contribution is 0.427. The van der Waals surface area contributed by atoms with E-state index in [0.717, 1.165) is 32.9 Å². The Hall–Kier alpha value is -2.38. The minimum atomic E-state index is 0.690. The normalized spacial score (nSPS) is 11.0. The molecule has 0 saturated heterocycles. The standard InChI is InChI=1S/C17H14N4OS2/c1-21-16(12-6-3-2-4-7-12)18-19-17(21)24-11-13-10-14(22-20-13)15-8-5-9-23-15/h2-10H,11H2,1H3. The van der Waals surface area contributed by atoms with Crippen LogP contribution in [-0.4, -0.2) is 19.9 Å². The first-order chi connectivity index (χ1) is 11.8. The first-order valence-electron chi connectivity index (χ1n) is 7.38. The van der Waals surface area contributed by atoms with Gasteiger partial charge in [0.1, 0.15) is 0 Å². The van der Waals surface area contributed by atoms with Gasteiger partial charge in [0.25, 0.3) is 0 Å². The number of benzene rings is 1. The number of thioether (sulfide) groups is 1. The van der Waals surface area contributed by atoms with Gasteiger partial charge in [0.05, 0.1) is 10.6 Å². The summed E-state index contributed by atoms with van der Waals surface area (Å²) >= 11 is 3.24. The summed E-state index contributed by atoms with van der Waals surface area (Å²) in [6.45, 7) is 0. The number of aromatic nitrogens is 4. The van der Waals surface area contributed by atoms with Crippen LogP contribution in [0.1, 0.15) is 5.69 Å². The van der Waals surface area contributed by atoms with E-state index < -0.39 is 0 Å². The maximum Gasteiger partial charge on any atom is 0.191 e. The summed E-state index contributed by atoms with van der Waals surface area (Å²) in [6.07, 6.45) is 0. The lowest BCUT2D eigenvalue weighted by Crippen LogP contribution is -1.94. The second-order valence-corrected chi connectivity index (χ2v) is 7.07.